The number of carbonyl (C=O) groups is 4. The van der Waals surface area contributed by atoms with E-state index in [9.17, 15) is 19.2 Å². The summed E-state index contributed by atoms with van der Waals surface area (Å²) in [5, 5.41) is 5.25. The first-order valence-electron chi connectivity index (χ1n) is 9.34. The van der Waals surface area contributed by atoms with Crippen LogP contribution in [0.1, 0.15) is 39.2 Å². The van der Waals surface area contributed by atoms with Gasteiger partial charge in [0.15, 0.2) is 6.10 Å². The summed E-state index contributed by atoms with van der Waals surface area (Å²) in [6.07, 6.45) is -0.792. The molecule has 9 heteroatoms. The van der Waals surface area contributed by atoms with E-state index < -0.39 is 29.6 Å². The highest BCUT2D eigenvalue weighted by atomic mass is 16.5. The molecular weight excluding hydrogens is 378 g/mol. The third-order valence-corrected chi connectivity index (χ3v) is 4.50. The Kier molecular flexibility index (Phi) is 6.84. The molecule has 9 nitrogen and oxygen atoms in total. The second kappa shape index (κ2) is 8.93. The van der Waals surface area contributed by atoms with Crippen LogP contribution < -0.4 is 15.4 Å². The molecule has 0 bridgehead atoms. The summed E-state index contributed by atoms with van der Waals surface area (Å²) in [7, 11) is 1.50. The van der Waals surface area contributed by atoms with Crippen molar-refractivity contribution < 1.29 is 28.7 Å². The number of ether oxygens (including phenoxy) is 2. The molecule has 2 N–H and O–H groups in total. The van der Waals surface area contributed by atoms with Crippen molar-refractivity contribution in [2.75, 3.05) is 19.0 Å². The zero-order valence-electron chi connectivity index (χ0n) is 17.3. The quantitative estimate of drug-likeness (QED) is 0.505. The van der Waals surface area contributed by atoms with E-state index in [1.165, 1.54) is 14.0 Å². The maximum atomic E-state index is 12.3. The third kappa shape index (κ3) is 5.46. The topological polar surface area (TPSA) is 114 Å². The van der Waals surface area contributed by atoms with Crippen LogP contribution in [0.5, 0.6) is 5.75 Å². The second-order valence-electron chi connectivity index (χ2n) is 7.44. The number of imide groups is 1. The predicted molar refractivity (Wildman–Crippen MR) is 105 cm³/mol. The fraction of sp³-hybridized carbons (Fsp3) is 0.500. The molecule has 0 aliphatic carbocycles. The van der Waals surface area contributed by atoms with Crippen molar-refractivity contribution >= 4 is 29.5 Å². The standard InChI is InChI=1S/C20H27N3O6/c1-12-8-9-15(28-5)14(11-12)21-17(25)13(2)29-16(24)7-6-10-23-18(26)20(3,4)22-19(23)27/h8-9,11,13H,6-7,10H2,1-5H3,(H,21,25)(H,22,27)/t13-/m1/s1. The maximum Gasteiger partial charge on any atom is 0.325 e. The summed E-state index contributed by atoms with van der Waals surface area (Å²) in [5.41, 5.74) is 0.483. The molecule has 4 amide bonds. The van der Waals surface area contributed by atoms with Gasteiger partial charge in [0.05, 0.1) is 12.8 Å². The lowest BCUT2D eigenvalue weighted by Crippen LogP contribution is -2.40. The molecule has 0 saturated carbocycles. The van der Waals surface area contributed by atoms with Crippen molar-refractivity contribution in [2.24, 2.45) is 0 Å². The first-order valence-corrected chi connectivity index (χ1v) is 9.34. The monoisotopic (exact) mass is 405 g/mol. The van der Waals surface area contributed by atoms with Gasteiger partial charge in [-0.25, -0.2) is 4.79 Å². The average molecular weight is 405 g/mol. The summed E-state index contributed by atoms with van der Waals surface area (Å²) in [5.74, 6) is -0.914. The normalized spacial score (nSPS) is 16.2. The minimum absolute atomic E-state index is 0.0249. The fourth-order valence-electron chi connectivity index (χ4n) is 2.87. The summed E-state index contributed by atoms with van der Waals surface area (Å²) in [6.45, 7) is 6.68. The number of methoxy groups -OCH3 is 1. The summed E-state index contributed by atoms with van der Waals surface area (Å²) in [4.78, 5) is 49.3. The van der Waals surface area contributed by atoms with Crippen molar-refractivity contribution in [2.45, 2.75) is 52.2 Å². The summed E-state index contributed by atoms with van der Waals surface area (Å²) >= 11 is 0. The molecule has 0 spiro atoms. The molecule has 1 aliphatic rings. The van der Waals surface area contributed by atoms with Crippen LogP contribution in [-0.2, 0) is 19.1 Å². The Morgan fingerprint density at radius 3 is 2.55 bits per heavy atom. The highest BCUT2D eigenvalue weighted by Gasteiger charge is 2.43. The van der Waals surface area contributed by atoms with E-state index in [4.69, 9.17) is 9.47 Å². The van der Waals surface area contributed by atoms with E-state index in [2.05, 4.69) is 10.6 Å². The Balaban J connectivity index is 1.82. The van der Waals surface area contributed by atoms with E-state index in [1.54, 1.807) is 26.0 Å². The highest BCUT2D eigenvalue weighted by molar-refractivity contribution is 6.06. The first-order chi connectivity index (χ1) is 13.5. The molecule has 2 rings (SSSR count). The number of esters is 1. The molecule has 0 aromatic heterocycles. The zero-order chi connectivity index (χ0) is 21.8. The number of rotatable bonds is 8. The second-order valence-corrected chi connectivity index (χ2v) is 7.44. The van der Waals surface area contributed by atoms with Crippen molar-refractivity contribution in [1.29, 1.82) is 0 Å². The minimum atomic E-state index is -1.01. The molecule has 1 aromatic carbocycles. The smallest absolute Gasteiger partial charge is 0.325 e. The number of aryl methyl sites for hydroxylation is 1. The summed E-state index contributed by atoms with van der Waals surface area (Å²) in [6, 6.07) is 4.86. The van der Waals surface area contributed by atoms with Crippen LogP contribution in [0.25, 0.3) is 0 Å². The first kappa shape index (κ1) is 22.2. The van der Waals surface area contributed by atoms with Gasteiger partial charge in [0, 0.05) is 13.0 Å². The van der Waals surface area contributed by atoms with Crippen LogP contribution in [0.2, 0.25) is 0 Å². The van der Waals surface area contributed by atoms with Crippen LogP contribution in [-0.4, -0.2) is 54.0 Å². The van der Waals surface area contributed by atoms with E-state index in [-0.39, 0.29) is 25.3 Å². The van der Waals surface area contributed by atoms with Gasteiger partial charge < -0.3 is 20.1 Å². The van der Waals surface area contributed by atoms with Gasteiger partial charge in [0.1, 0.15) is 11.3 Å². The predicted octanol–water partition coefficient (Wildman–Crippen LogP) is 1.98. The number of amides is 4. The Labute approximate surface area is 169 Å². The van der Waals surface area contributed by atoms with Gasteiger partial charge in [-0.2, -0.15) is 0 Å². The number of hydrogen-bond donors (Lipinski definition) is 2. The van der Waals surface area contributed by atoms with E-state index in [0.717, 1.165) is 10.5 Å². The number of anilines is 1. The van der Waals surface area contributed by atoms with Crippen molar-refractivity contribution in [1.82, 2.24) is 10.2 Å². The van der Waals surface area contributed by atoms with Crippen LogP contribution >= 0.6 is 0 Å². The van der Waals surface area contributed by atoms with Gasteiger partial charge in [-0.1, -0.05) is 6.07 Å². The van der Waals surface area contributed by atoms with Gasteiger partial charge in [-0.15, -0.1) is 0 Å². The van der Waals surface area contributed by atoms with E-state index >= 15 is 0 Å². The molecule has 29 heavy (non-hydrogen) atoms. The fourth-order valence-corrected chi connectivity index (χ4v) is 2.87. The number of nitrogens with zero attached hydrogens (tertiary/aromatic N) is 1. The molecular formula is C20H27N3O6. The highest BCUT2D eigenvalue weighted by Crippen LogP contribution is 2.25. The number of carbonyl (C=O) groups excluding carboxylic acids is 4. The average Bonchev–Trinajstić information content (AvgIpc) is 2.83. The van der Waals surface area contributed by atoms with Crippen LogP contribution in [0.3, 0.4) is 0 Å². The lowest BCUT2D eigenvalue weighted by Gasteiger charge is -2.17. The van der Waals surface area contributed by atoms with Crippen LogP contribution in [0.4, 0.5) is 10.5 Å². The van der Waals surface area contributed by atoms with E-state index in [0.29, 0.717) is 11.4 Å². The maximum absolute atomic E-state index is 12.3. The summed E-state index contributed by atoms with van der Waals surface area (Å²) < 4.78 is 10.4. The van der Waals surface area contributed by atoms with Crippen molar-refractivity contribution in [3.8, 4) is 5.75 Å². The lowest BCUT2D eigenvalue weighted by atomic mass is 10.1. The molecule has 1 aliphatic heterocycles. The third-order valence-electron chi connectivity index (χ3n) is 4.50. The van der Waals surface area contributed by atoms with Gasteiger partial charge in [-0.3, -0.25) is 19.3 Å². The molecule has 1 fully saturated rings. The Morgan fingerprint density at radius 1 is 1.28 bits per heavy atom. The van der Waals surface area contributed by atoms with Gasteiger partial charge in [-0.05, 0) is 51.8 Å². The minimum Gasteiger partial charge on any atom is -0.495 e. The van der Waals surface area contributed by atoms with E-state index in [1.807, 2.05) is 13.0 Å². The number of benzene rings is 1. The largest absolute Gasteiger partial charge is 0.495 e. The number of hydrogen-bond acceptors (Lipinski definition) is 6. The Bertz CT molecular complexity index is 820. The molecule has 1 saturated heterocycles. The molecule has 0 radical (unpaired) electrons. The van der Waals surface area contributed by atoms with Crippen molar-refractivity contribution in [3.63, 3.8) is 0 Å². The molecule has 1 aromatic rings. The van der Waals surface area contributed by atoms with Crippen molar-refractivity contribution in [3.05, 3.63) is 23.8 Å². The SMILES string of the molecule is COc1ccc(C)cc1NC(=O)[C@@H](C)OC(=O)CCCN1C(=O)NC(C)(C)C1=O. The van der Waals surface area contributed by atoms with Gasteiger partial charge >= 0.3 is 12.0 Å². The number of urea groups is 1. The van der Waals surface area contributed by atoms with Gasteiger partial charge in [0.2, 0.25) is 0 Å². The molecule has 1 heterocycles. The van der Waals surface area contributed by atoms with Gasteiger partial charge in [0.25, 0.3) is 11.8 Å². The Hall–Kier alpha value is -3.10. The number of nitrogens with one attached hydrogen (secondary N) is 2. The van der Waals surface area contributed by atoms with Crippen LogP contribution in [0, 0.1) is 6.92 Å². The molecule has 0 unspecified atom stereocenters. The Morgan fingerprint density at radius 2 is 1.97 bits per heavy atom. The lowest BCUT2D eigenvalue weighted by molar-refractivity contribution is -0.153. The zero-order valence-corrected chi connectivity index (χ0v) is 17.3. The molecule has 158 valence electrons. The molecule has 1 atom stereocenters. The van der Waals surface area contributed by atoms with Crippen LogP contribution in [0.15, 0.2) is 18.2 Å².